The summed E-state index contributed by atoms with van der Waals surface area (Å²) in [5.74, 6) is -0.289. The number of hydrogen-bond donors (Lipinski definition) is 1. The average Bonchev–Trinajstić information content (AvgIpc) is 2.30. The van der Waals surface area contributed by atoms with Crippen molar-refractivity contribution in [1.29, 1.82) is 0 Å². The zero-order valence-corrected chi connectivity index (χ0v) is 8.20. The molecule has 2 heterocycles. The van der Waals surface area contributed by atoms with Crippen LogP contribution in [0.5, 0.6) is 11.6 Å². The number of rotatable bonds is 3. The number of carboxylic acids is 1. The number of ether oxygens (including phenoxy) is 1. The Labute approximate surface area is 91.4 Å². The third-order valence-corrected chi connectivity index (χ3v) is 1.81. The first-order valence-electron chi connectivity index (χ1n) is 4.54. The monoisotopic (exact) mass is 216 g/mol. The largest absolute Gasteiger partial charge is 0.477 e. The lowest BCUT2D eigenvalue weighted by molar-refractivity contribution is 0.0690. The highest BCUT2D eigenvalue weighted by molar-refractivity contribution is 5.85. The second kappa shape index (κ2) is 4.39. The molecule has 5 heteroatoms. The predicted octanol–water partition coefficient (Wildman–Crippen LogP) is 1.97. The summed E-state index contributed by atoms with van der Waals surface area (Å²) in [5, 5.41) is 8.74. The molecule has 0 aromatic carbocycles. The number of carboxylic acid groups (broad SMARTS) is 1. The Hall–Kier alpha value is -2.43. The van der Waals surface area contributed by atoms with Gasteiger partial charge in [-0.05, 0) is 12.1 Å². The number of aromatic nitrogens is 2. The van der Waals surface area contributed by atoms with Gasteiger partial charge in [-0.2, -0.15) is 0 Å². The number of nitrogens with zero attached hydrogens (tertiary/aromatic N) is 2. The lowest BCUT2D eigenvalue weighted by Gasteiger charge is -2.03. The van der Waals surface area contributed by atoms with Gasteiger partial charge in [0.2, 0.25) is 5.88 Å². The Balaban J connectivity index is 2.22. The number of hydrogen-bond acceptors (Lipinski definition) is 4. The molecule has 1 N–H and O–H groups in total. The Morgan fingerprint density at radius 2 is 2.06 bits per heavy atom. The lowest BCUT2D eigenvalue weighted by Crippen LogP contribution is -1.99. The topological polar surface area (TPSA) is 72.3 Å². The van der Waals surface area contributed by atoms with Gasteiger partial charge in [-0.3, -0.25) is 0 Å². The molecule has 0 fully saturated rings. The Kier molecular flexibility index (Phi) is 2.77. The van der Waals surface area contributed by atoms with Crippen molar-refractivity contribution in [3.63, 3.8) is 0 Å². The molecule has 2 aromatic rings. The van der Waals surface area contributed by atoms with Crippen molar-refractivity contribution >= 4 is 5.97 Å². The average molecular weight is 216 g/mol. The van der Waals surface area contributed by atoms with Gasteiger partial charge in [-0.15, -0.1) is 0 Å². The quantitative estimate of drug-likeness (QED) is 0.849. The van der Waals surface area contributed by atoms with Crippen LogP contribution < -0.4 is 4.74 Å². The Morgan fingerprint density at radius 1 is 1.19 bits per heavy atom. The van der Waals surface area contributed by atoms with Gasteiger partial charge < -0.3 is 9.84 Å². The molecule has 0 spiro atoms. The van der Waals surface area contributed by atoms with Crippen LogP contribution >= 0.6 is 0 Å². The van der Waals surface area contributed by atoms with Gasteiger partial charge in [-0.1, -0.05) is 6.07 Å². The molecule has 0 atom stereocenters. The Bertz CT molecular complexity index is 500. The maximum atomic E-state index is 10.7. The summed E-state index contributed by atoms with van der Waals surface area (Å²) in [6, 6.07) is 8.14. The second-order valence-electron chi connectivity index (χ2n) is 2.95. The van der Waals surface area contributed by atoms with Gasteiger partial charge in [0.25, 0.3) is 0 Å². The van der Waals surface area contributed by atoms with E-state index in [-0.39, 0.29) is 5.69 Å². The molecule has 0 aliphatic heterocycles. The van der Waals surface area contributed by atoms with Crippen molar-refractivity contribution in [3.8, 4) is 11.6 Å². The zero-order valence-electron chi connectivity index (χ0n) is 8.20. The van der Waals surface area contributed by atoms with Crippen molar-refractivity contribution in [1.82, 2.24) is 9.97 Å². The SMILES string of the molecule is O=C(O)c1cc(Oc2ccccn2)ccn1. The molecule has 0 aliphatic carbocycles. The minimum absolute atomic E-state index is 0.0616. The van der Waals surface area contributed by atoms with E-state index in [1.54, 1.807) is 30.5 Å². The molecular formula is C11H8N2O3. The standard InChI is InChI=1S/C11H8N2O3/c14-11(15)9-7-8(4-6-12-9)16-10-3-1-2-5-13-10/h1-7H,(H,14,15). The molecule has 2 aromatic heterocycles. The molecule has 0 radical (unpaired) electrons. The van der Waals surface area contributed by atoms with Gasteiger partial charge in [0, 0.05) is 24.5 Å². The van der Waals surface area contributed by atoms with Crippen LogP contribution in [-0.4, -0.2) is 21.0 Å². The maximum Gasteiger partial charge on any atom is 0.354 e. The molecule has 0 bridgehead atoms. The lowest BCUT2D eigenvalue weighted by atomic mass is 10.3. The first-order valence-corrected chi connectivity index (χ1v) is 4.54. The number of carbonyl (C=O) groups is 1. The van der Waals surface area contributed by atoms with Crippen LogP contribution in [0.1, 0.15) is 10.5 Å². The van der Waals surface area contributed by atoms with Crippen LogP contribution in [0.25, 0.3) is 0 Å². The molecule has 16 heavy (non-hydrogen) atoms. The van der Waals surface area contributed by atoms with Crippen molar-refractivity contribution in [2.45, 2.75) is 0 Å². The summed E-state index contributed by atoms with van der Waals surface area (Å²) in [7, 11) is 0. The van der Waals surface area contributed by atoms with Gasteiger partial charge in [0.1, 0.15) is 5.75 Å². The van der Waals surface area contributed by atoms with E-state index < -0.39 is 5.97 Å². The predicted molar refractivity (Wildman–Crippen MR) is 55.5 cm³/mol. The van der Waals surface area contributed by atoms with Gasteiger partial charge in [-0.25, -0.2) is 14.8 Å². The van der Waals surface area contributed by atoms with Crippen LogP contribution in [0.3, 0.4) is 0 Å². The smallest absolute Gasteiger partial charge is 0.354 e. The van der Waals surface area contributed by atoms with Crippen molar-refractivity contribution in [3.05, 3.63) is 48.4 Å². The zero-order chi connectivity index (χ0) is 11.4. The van der Waals surface area contributed by atoms with E-state index >= 15 is 0 Å². The highest BCUT2D eigenvalue weighted by Crippen LogP contribution is 2.18. The summed E-state index contributed by atoms with van der Waals surface area (Å²) in [6.45, 7) is 0. The van der Waals surface area contributed by atoms with Gasteiger partial charge in [0.05, 0.1) is 0 Å². The fraction of sp³-hybridized carbons (Fsp3) is 0. The molecule has 2 rings (SSSR count). The van der Waals surface area contributed by atoms with Crippen LogP contribution in [0.15, 0.2) is 42.7 Å². The van der Waals surface area contributed by atoms with Crippen LogP contribution in [0, 0.1) is 0 Å². The van der Waals surface area contributed by atoms with E-state index in [4.69, 9.17) is 9.84 Å². The molecule has 0 saturated heterocycles. The van der Waals surface area contributed by atoms with Crippen molar-refractivity contribution in [2.75, 3.05) is 0 Å². The highest BCUT2D eigenvalue weighted by atomic mass is 16.5. The third kappa shape index (κ3) is 2.33. The molecule has 0 aliphatic rings. The molecular weight excluding hydrogens is 208 g/mol. The normalized spacial score (nSPS) is 9.75. The van der Waals surface area contributed by atoms with E-state index in [0.717, 1.165) is 0 Å². The Morgan fingerprint density at radius 3 is 2.75 bits per heavy atom. The van der Waals surface area contributed by atoms with E-state index in [1.165, 1.54) is 12.3 Å². The molecule has 0 amide bonds. The van der Waals surface area contributed by atoms with E-state index in [0.29, 0.717) is 11.6 Å². The highest BCUT2D eigenvalue weighted by Gasteiger charge is 2.06. The first-order chi connectivity index (χ1) is 7.75. The van der Waals surface area contributed by atoms with Crippen molar-refractivity contribution < 1.29 is 14.6 Å². The summed E-state index contributed by atoms with van der Waals surface area (Å²) >= 11 is 0. The fourth-order valence-electron chi connectivity index (χ4n) is 1.12. The van der Waals surface area contributed by atoms with E-state index in [9.17, 15) is 4.79 Å². The minimum Gasteiger partial charge on any atom is -0.477 e. The molecule has 0 saturated carbocycles. The fourth-order valence-corrected chi connectivity index (χ4v) is 1.12. The van der Waals surface area contributed by atoms with Crippen LogP contribution in [-0.2, 0) is 0 Å². The van der Waals surface area contributed by atoms with Crippen molar-refractivity contribution in [2.24, 2.45) is 0 Å². The van der Waals surface area contributed by atoms with Crippen LogP contribution in [0.4, 0.5) is 0 Å². The van der Waals surface area contributed by atoms with Crippen LogP contribution in [0.2, 0.25) is 0 Å². The second-order valence-corrected chi connectivity index (χ2v) is 2.95. The summed E-state index contributed by atoms with van der Waals surface area (Å²) in [6.07, 6.45) is 2.97. The number of aromatic carboxylic acids is 1. The van der Waals surface area contributed by atoms with E-state index in [2.05, 4.69) is 9.97 Å². The maximum absolute atomic E-state index is 10.7. The summed E-state index contributed by atoms with van der Waals surface area (Å²) < 4.78 is 5.35. The van der Waals surface area contributed by atoms with Gasteiger partial charge in [0.15, 0.2) is 5.69 Å². The van der Waals surface area contributed by atoms with E-state index in [1.807, 2.05) is 0 Å². The first kappa shape index (κ1) is 10.1. The summed E-state index contributed by atoms with van der Waals surface area (Å²) in [4.78, 5) is 18.3. The third-order valence-electron chi connectivity index (χ3n) is 1.81. The molecule has 80 valence electrons. The minimum atomic E-state index is -1.09. The number of pyridine rings is 2. The molecule has 0 unspecified atom stereocenters. The molecule has 5 nitrogen and oxygen atoms in total. The summed E-state index contributed by atoms with van der Waals surface area (Å²) in [5.41, 5.74) is -0.0616. The van der Waals surface area contributed by atoms with Gasteiger partial charge >= 0.3 is 5.97 Å².